The van der Waals surface area contributed by atoms with E-state index in [1.165, 1.54) is 5.56 Å². The van der Waals surface area contributed by atoms with Gasteiger partial charge >= 0.3 is 0 Å². The summed E-state index contributed by atoms with van der Waals surface area (Å²) in [6.45, 7) is 5.19. The Balaban J connectivity index is 1.53. The van der Waals surface area contributed by atoms with Crippen molar-refractivity contribution < 1.29 is 9.59 Å². The Labute approximate surface area is 149 Å². The fourth-order valence-electron chi connectivity index (χ4n) is 3.85. The number of aromatic nitrogens is 1. The van der Waals surface area contributed by atoms with E-state index < -0.39 is 0 Å². The second kappa shape index (κ2) is 7.95. The van der Waals surface area contributed by atoms with Crippen molar-refractivity contribution in [1.29, 1.82) is 0 Å². The molecule has 2 saturated heterocycles. The van der Waals surface area contributed by atoms with Crippen LogP contribution in [0.1, 0.15) is 25.3 Å². The summed E-state index contributed by atoms with van der Waals surface area (Å²) in [6.07, 6.45) is 6.85. The van der Waals surface area contributed by atoms with E-state index in [9.17, 15) is 9.59 Å². The van der Waals surface area contributed by atoms with E-state index >= 15 is 0 Å². The van der Waals surface area contributed by atoms with Crippen LogP contribution in [0.2, 0.25) is 0 Å². The number of piperidine rings is 1. The van der Waals surface area contributed by atoms with Gasteiger partial charge in [0.05, 0.1) is 0 Å². The molecule has 0 bridgehead atoms. The van der Waals surface area contributed by atoms with Crippen molar-refractivity contribution in [1.82, 2.24) is 19.7 Å². The smallest absolute Gasteiger partial charge is 0.241 e. The highest BCUT2D eigenvalue weighted by molar-refractivity contribution is 5.83. The number of likely N-dealkylation sites (N-methyl/N-ethyl adjacent to an activating group) is 1. The Hall–Kier alpha value is -1.95. The summed E-state index contributed by atoms with van der Waals surface area (Å²) >= 11 is 0. The monoisotopic (exact) mass is 344 g/mol. The van der Waals surface area contributed by atoms with Crippen molar-refractivity contribution in [2.45, 2.75) is 32.2 Å². The summed E-state index contributed by atoms with van der Waals surface area (Å²) in [5.41, 5.74) is 1.27. The molecule has 25 heavy (non-hydrogen) atoms. The first kappa shape index (κ1) is 17.9. The zero-order valence-electron chi connectivity index (χ0n) is 15.2. The lowest BCUT2D eigenvalue weighted by molar-refractivity contribution is -0.143. The van der Waals surface area contributed by atoms with E-state index in [0.717, 1.165) is 38.9 Å². The lowest BCUT2D eigenvalue weighted by atomic mass is 9.90. The van der Waals surface area contributed by atoms with Crippen molar-refractivity contribution in [3.8, 4) is 0 Å². The maximum atomic E-state index is 12.9. The van der Waals surface area contributed by atoms with Crippen LogP contribution in [0.5, 0.6) is 0 Å². The molecule has 0 aliphatic carbocycles. The van der Waals surface area contributed by atoms with E-state index in [4.69, 9.17) is 0 Å². The molecule has 2 fully saturated rings. The molecule has 6 nitrogen and oxygen atoms in total. The van der Waals surface area contributed by atoms with Gasteiger partial charge in [-0.25, -0.2) is 0 Å². The SMILES string of the molecule is CC(=O)N1CCN(C)[C@H](C(=O)N2CCC(Cc3cccnc3)CC2)C1. The van der Waals surface area contributed by atoms with E-state index in [1.807, 2.05) is 24.2 Å². The lowest BCUT2D eigenvalue weighted by Crippen LogP contribution is -2.59. The highest BCUT2D eigenvalue weighted by Crippen LogP contribution is 2.23. The largest absolute Gasteiger partial charge is 0.341 e. The van der Waals surface area contributed by atoms with Crippen LogP contribution in [0.15, 0.2) is 24.5 Å². The fraction of sp³-hybridized carbons (Fsp3) is 0.632. The van der Waals surface area contributed by atoms with Gasteiger partial charge in [-0.2, -0.15) is 0 Å². The molecule has 0 radical (unpaired) electrons. The van der Waals surface area contributed by atoms with Crippen LogP contribution in [0.4, 0.5) is 0 Å². The van der Waals surface area contributed by atoms with Crippen LogP contribution in [0, 0.1) is 5.92 Å². The van der Waals surface area contributed by atoms with E-state index in [2.05, 4.69) is 16.0 Å². The highest BCUT2D eigenvalue weighted by atomic mass is 16.2. The molecule has 2 aliphatic rings. The number of hydrogen-bond acceptors (Lipinski definition) is 4. The van der Waals surface area contributed by atoms with Crippen molar-refractivity contribution in [2.24, 2.45) is 5.92 Å². The molecule has 1 atom stereocenters. The minimum Gasteiger partial charge on any atom is -0.341 e. The molecule has 0 N–H and O–H groups in total. The Morgan fingerprint density at radius 2 is 1.92 bits per heavy atom. The lowest BCUT2D eigenvalue weighted by Gasteiger charge is -2.41. The predicted octanol–water partition coefficient (Wildman–Crippen LogP) is 1.03. The van der Waals surface area contributed by atoms with Gasteiger partial charge < -0.3 is 9.80 Å². The molecule has 0 unspecified atom stereocenters. The molecule has 2 aliphatic heterocycles. The fourth-order valence-corrected chi connectivity index (χ4v) is 3.85. The molecule has 0 aromatic carbocycles. The average Bonchev–Trinajstić information content (AvgIpc) is 2.63. The van der Waals surface area contributed by atoms with Gasteiger partial charge in [0, 0.05) is 52.0 Å². The maximum absolute atomic E-state index is 12.9. The topological polar surface area (TPSA) is 56.8 Å². The number of pyridine rings is 1. The summed E-state index contributed by atoms with van der Waals surface area (Å²) in [7, 11) is 1.98. The summed E-state index contributed by atoms with van der Waals surface area (Å²) in [6, 6.07) is 3.90. The second-order valence-electron chi connectivity index (χ2n) is 7.30. The first-order valence-electron chi connectivity index (χ1n) is 9.18. The van der Waals surface area contributed by atoms with E-state index in [-0.39, 0.29) is 17.9 Å². The quantitative estimate of drug-likeness (QED) is 0.822. The molecule has 6 heteroatoms. The van der Waals surface area contributed by atoms with Gasteiger partial charge in [-0.3, -0.25) is 19.5 Å². The Bertz CT molecular complexity index is 599. The van der Waals surface area contributed by atoms with Crippen LogP contribution < -0.4 is 0 Å². The molecule has 1 aromatic heterocycles. The summed E-state index contributed by atoms with van der Waals surface area (Å²) in [4.78, 5) is 34.6. The zero-order valence-corrected chi connectivity index (χ0v) is 15.2. The molecule has 2 amide bonds. The number of nitrogens with zero attached hydrogens (tertiary/aromatic N) is 4. The number of carbonyl (C=O) groups is 2. The van der Waals surface area contributed by atoms with Gasteiger partial charge in [0.25, 0.3) is 0 Å². The molecule has 3 rings (SSSR count). The average molecular weight is 344 g/mol. The summed E-state index contributed by atoms with van der Waals surface area (Å²) < 4.78 is 0. The van der Waals surface area contributed by atoms with Gasteiger partial charge in [0.15, 0.2) is 0 Å². The predicted molar refractivity (Wildman–Crippen MR) is 95.9 cm³/mol. The van der Waals surface area contributed by atoms with Crippen LogP contribution in [0.3, 0.4) is 0 Å². The normalized spacial score (nSPS) is 22.9. The van der Waals surface area contributed by atoms with Crippen molar-refractivity contribution in [3.05, 3.63) is 30.1 Å². The Morgan fingerprint density at radius 1 is 1.16 bits per heavy atom. The Kier molecular flexibility index (Phi) is 5.68. The third-order valence-electron chi connectivity index (χ3n) is 5.55. The van der Waals surface area contributed by atoms with E-state index in [1.54, 1.807) is 18.0 Å². The molecule has 136 valence electrons. The highest BCUT2D eigenvalue weighted by Gasteiger charge is 2.35. The standard InChI is InChI=1S/C19H28N4O2/c1-15(24)23-11-10-21(2)18(14-23)19(25)22-8-5-16(6-9-22)12-17-4-3-7-20-13-17/h3-4,7,13,16,18H,5-6,8-12,14H2,1-2H3/t18-/m0/s1. The number of likely N-dealkylation sites (tertiary alicyclic amines) is 1. The number of carbonyl (C=O) groups excluding carboxylic acids is 2. The maximum Gasteiger partial charge on any atom is 0.241 e. The van der Waals surface area contributed by atoms with Gasteiger partial charge in [-0.15, -0.1) is 0 Å². The number of piperazine rings is 1. The third kappa shape index (κ3) is 4.37. The number of rotatable bonds is 3. The minimum absolute atomic E-state index is 0.0566. The van der Waals surface area contributed by atoms with Gasteiger partial charge in [0.1, 0.15) is 6.04 Å². The molecule has 0 spiro atoms. The van der Waals surface area contributed by atoms with Gasteiger partial charge in [-0.05, 0) is 43.9 Å². The first-order chi connectivity index (χ1) is 12.0. The van der Waals surface area contributed by atoms with Crippen molar-refractivity contribution in [3.63, 3.8) is 0 Å². The molecule has 1 aromatic rings. The molecule has 3 heterocycles. The van der Waals surface area contributed by atoms with Crippen LogP contribution in [-0.2, 0) is 16.0 Å². The minimum atomic E-state index is -0.201. The van der Waals surface area contributed by atoms with Crippen LogP contribution in [0.25, 0.3) is 0 Å². The third-order valence-corrected chi connectivity index (χ3v) is 5.55. The van der Waals surface area contributed by atoms with Crippen LogP contribution in [-0.4, -0.2) is 77.3 Å². The number of hydrogen-bond donors (Lipinski definition) is 0. The van der Waals surface area contributed by atoms with Crippen molar-refractivity contribution >= 4 is 11.8 Å². The molecular formula is C19H28N4O2. The van der Waals surface area contributed by atoms with Crippen molar-refractivity contribution in [2.75, 3.05) is 39.8 Å². The van der Waals surface area contributed by atoms with Crippen LogP contribution >= 0.6 is 0 Å². The second-order valence-corrected chi connectivity index (χ2v) is 7.30. The van der Waals surface area contributed by atoms with Gasteiger partial charge in [0.2, 0.25) is 11.8 Å². The summed E-state index contributed by atoms with van der Waals surface area (Å²) in [5, 5.41) is 0. The number of amides is 2. The zero-order chi connectivity index (χ0) is 17.8. The molecular weight excluding hydrogens is 316 g/mol. The van der Waals surface area contributed by atoms with E-state index in [0.29, 0.717) is 19.0 Å². The molecule has 0 saturated carbocycles. The van der Waals surface area contributed by atoms with Gasteiger partial charge in [-0.1, -0.05) is 6.07 Å². The Morgan fingerprint density at radius 3 is 2.56 bits per heavy atom. The first-order valence-corrected chi connectivity index (χ1v) is 9.18. The summed E-state index contributed by atoms with van der Waals surface area (Å²) in [5.74, 6) is 0.848.